The Hall–Kier alpha value is -3.51. The molecule has 1 aromatic heterocycles. The lowest BCUT2D eigenvalue weighted by molar-refractivity contribution is -0.125. The number of aryl methyl sites for hydroxylation is 2. The number of nitrogens with one attached hydrogen (secondary N) is 1. The molecular weight excluding hydrogens is 400 g/mol. The molecule has 2 aromatic carbocycles. The van der Waals surface area contributed by atoms with Crippen LogP contribution in [-0.2, 0) is 35.5 Å². The van der Waals surface area contributed by atoms with Crippen molar-refractivity contribution in [1.82, 2.24) is 14.8 Å². The summed E-state index contributed by atoms with van der Waals surface area (Å²) in [6, 6.07) is 12.8. The van der Waals surface area contributed by atoms with E-state index in [9.17, 15) is 9.59 Å². The van der Waals surface area contributed by atoms with Crippen LogP contribution in [-0.4, -0.2) is 47.2 Å². The van der Waals surface area contributed by atoms with E-state index in [1.54, 1.807) is 23.2 Å². The average Bonchev–Trinajstić information content (AvgIpc) is 3.13. The molecule has 0 radical (unpaired) electrons. The Balaban J connectivity index is 1.32. The third kappa shape index (κ3) is 3.89. The molecule has 1 aliphatic heterocycles. The van der Waals surface area contributed by atoms with Gasteiger partial charge >= 0.3 is 0 Å². The Morgan fingerprint density at radius 2 is 1.97 bits per heavy atom. The van der Waals surface area contributed by atoms with Gasteiger partial charge in [0.25, 0.3) is 0 Å². The molecule has 1 N–H and O–H groups in total. The van der Waals surface area contributed by atoms with Crippen molar-refractivity contribution in [2.75, 3.05) is 26.0 Å². The van der Waals surface area contributed by atoms with Gasteiger partial charge in [-0.25, -0.2) is 4.98 Å². The number of carbonyl (C=O) groups is 2. The van der Waals surface area contributed by atoms with Gasteiger partial charge in [0.2, 0.25) is 11.8 Å². The van der Waals surface area contributed by atoms with E-state index >= 15 is 0 Å². The molecule has 0 fully saturated rings. The Labute approximate surface area is 187 Å². The Bertz CT molecular complexity index is 1250. The molecule has 162 valence electrons. The zero-order valence-corrected chi connectivity index (χ0v) is 18.4. The summed E-state index contributed by atoms with van der Waals surface area (Å²) in [4.78, 5) is 32.7. The van der Waals surface area contributed by atoms with Crippen LogP contribution in [0.5, 0.6) is 0 Å². The van der Waals surface area contributed by atoms with Crippen LogP contribution in [0.3, 0.4) is 0 Å². The van der Waals surface area contributed by atoms with Crippen LogP contribution in [0.4, 0.5) is 5.82 Å². The standard InChI is InChI=1S/C26H26N4O2/c1-29-14-21-12-17(13-27-26(21)28-23(31)16-29)6-11-24(32)30(2)15-20-10-9-19-8-7-18-4-3-5-22(20)25(18)19/h3-6,9-13H,7-8,14-16H2,1-2H3,(H,27,28,31). The van der Waals surface area contributed by atoms with Crippen molar-refractivity contribution >= 4 is 34.5 Å². The molecule has 0 atom stereocenters. The number of hydrogen-bond donors (Lipinski definition) is 1. The maximum absolute atomic E-state index is 12.8. The largest absolute Gasteiger partial charge is 0.338 e. The van der Waals surface area contributed by atoms with Gasteiger partial charge in [-0.2, -0.15) is 0 Å². The lowest BCUT2D eigenvalue weighted by Crippen LogP contribution is -2.26. The van der Waals surface area contributed by atoms with E-state index in [4.69, 9.17) is 0 Å². The van der Waals surface area contributed by atoms with E-state index in [2.05, 4.69) is 40.6 Å². The van der Waals surface area contributed by atoms with E-state index < -0.39 is 0 Å². The summed E-state index contributed by atoms with van der Waals surface area (Å²) in [5.74, 6) is 0.461. The summed E-state index contributed by atoms with van der Waals surface area (Å²) in [5, 5.41) is 5.45. The highest BCUT2D eigenvalue weighted by Gasteiger charge is 2.18. The molecule has 1 aliphatic carbocycles. The first-order chi connectivity index (χ1) is 15.5. The topological polar surface area (TPSA) is 65.5 Å². The smallest absolute Gasteiger partial charge is 0.246 e. The first-order valence-corrected chi connectivity index (χ1v) is 10.9. The van der Waals surface area contributed by atoms with E-state index in [-0.39, 0.29) is 11.8 Å². The number of fused-ring (bicyclic) bond motifs is 1. The Kier molecular flexibility index (Phi) is 5.23. The molecule has 2 aliphatic rings. The summed E-state index contributed by atoms with van der Waals surface area (Å²) in [6.07, 6.45) is 7.25. The molecule has 0 spiro atoms. The lowest BCUT2D eigenvalue weighted by Gasteiger charge is -2.17. The second kappa shape index (κ2) is 8.20. The summed E-state index contributed by atoms with van der Waals surface area (Å²) < 4.78 is 0. The van der Waals surface area contributed by atoms with E-state index in [0.29, 0.717) is 25.5 Å². The highest BCUT2D eigenvalue weighted by Crippen LogP contribution is 2.33. The maximum Gasteiger partial charge on any atom is 0.246 e. The van der Waals surface area contributed by atoms with Crippen LogP contribution in [0.2, 0.25) is 0 Å². The average molecular weight is 427 g/mol. The maximum atomic E-state index is 12.8. The van der Waals surface area contributed by atoms with Crippen LogP contribution < -0.4 is 5.32 Å². The van der Waals surface area contributed by atoms with Gasteiger partial charge in [0.15, 0.2) is 0 Å². The number of benzene rings is 2. The lowest BCUT2D eigenvalue weighted by atomic mass is 9.99. The second-order valence-corrected chi connectivity index (χ2v) is 8.75. The summed E-state index contributed by atoms with van der Waals surface area (Å²) in [7, 11) is 3.73. The quantitative estimate of drug-likeness (QED) is 0.650. The van der Waals surface area contributed by atoms with Crippen molar-refractivity contribution in [3.8, 4) is 0 Å². The van der Waals surface area contributed by atoms with Crippen molar-refractivity contribution in [3.05, 3.63) is 76.5 Å². The molecule has 6 nitrogen and oxygen atoms in total. The monoisotopic (exact) mass is 426 g/mol. The number of anilines is 1. The highest BCUT2D eigenvalue weighted by molar-refractivity contribution is 5.95. The van der Waals surface area contributed by atoms with Gasteiger partial charge in [-0.3, -0.25) is 14.5 Å². The molecule has 0 saturated heterocycles. The van der Waals surface area contributed by atoms with Crippen molar-refractivity contribution < 1.29 is 9.59 Å². The van der Waals surface area contributed by atoms with Gasteiger partial charge in [0, 0.05) is 38.0 Å². The fourth-order valence-corrected chi connectivity index (χ4v) is 4.69. The number of rotatable bonds is 4. The van der Waals surface area contributed by atoms with Crippen LogP contribution in [0.25, 0.3) is 16.8 Å². The molecule has 5 rings (SSSR count). The second-order valence-electron chi connectivity index (χ2n) is 8.75. The predicted octanol–water partition coefficient (Wildman–Crippen LogP) is 3.39. The van der Waals surface area contributed by atoms with Crippen molar-refractivity contribution in [1.29, 1.82) is 0 Å². The Morgan fingerprint density at radius 3 is 2.81 bits per heavy atom. The summed E-state index contributed by atoms with van der Waals surface area (Å²) >= 11 is 0. The first-order valence-electron chi connectivity index (χ1n) is 10.9. The normalized spacial score (nSPS) is 15.6. The molecular formula is C26H26N4O2. The number of carbonyl (C=O) groups excluding carboxylic acids is 2. The van der Waals surface area contributed by atoms with Gasteiger partial charge in [-0.1, -0.05) is 30.3 Å². The first kappa shape index (κ1) is 20.4. The van der Waals surface area contributed by atoms with Gasteiger partial charge in [-0.15, -0.1) is 0 Å². The van der Waals surface area contributed by atoms with Crippen molar-refractivity contribution in [3.63, 3.8) is 0 Å². The molecule has 0 unspecified atom stereocenters. The number of amides is 2. The fraction of sp³-hybridized carbons (Fsp3) is 0.269. The van der Waals surface area contributed by atoms with Crippen molar-refractivity contribution in [2.45, 2.75) is 25.9 Å². The fourth-order valence-electron chi connectivity index (χ4n) is 4.69. The number of pyridine rings is 1. The van der Waals surface area contributed by atoms with Crippen molar-refractivity contribution in [2.24, 2.45) is 0 Å². The molecule has 2 heterocycles. The zero-order valence-electron chi connectivity index (χ0n) is 18.4. The molecule has 32 heavy (non-hydrogen) atoms. The summed E-state index contributed by atoms with van der Waals surface area (Å²) in [5.41, 5.74) is 5.76. The van der Waals surface area contributed by atoms with Crippen LogP contribution in [0.15, 0.2) is 48.7 Å². The SMILES string of the molecule is CN1CC(=O)Nc2ncc(C=CC(=O)N(C)Cc3ccc4c5c(cccc35)CC4)cc2C1. The van der Waals surface area contributed by atoms with Crippen LogP contribution in [0.1, 0.15) is 27.8 Å². The van der Waals surface area contributed by atoms with Gasteiger partial charge in [0.05, 0.1) is 6.54 Å². The zero-order chi connectivity index (χ0) is 22.2. The van der Waals surface area contributed by atoms with Crippen LogP contribution in [0, 0.1) is 0 Å². The molecule has 2 amide bonds. The minimum absolute atomic E-state index is 0.0615. The molecule has 0 saturated carbocycles. The van der Waals surface area contributed by atoms with Gasteiger partial charge in [0.1, 0.15) is 5.82 Å². The molecule has 0 bridgehead atoms. The number of likely N-dealkylation sites (N-methyl/N-ethyl adjacent to an activating group) is 2. The molecule has 6 heteroatoms. The summed E-state index contributed by atoms with van der Waals surface area (Å²) in [6.45, 7) is 1.52. The third-order valence-electron chi connectivity index (χ3n) is 6.27. The minimum atomic E-state index is -0.0677. The highest BCUT2D eigenvalue weighted by atomic mass is 16.2. The van der Waals surface area contributed by atoms with Gasteiger partial charge < -0.3 is 10.2 Å². The minimum Gasteiger partial charge on any atom is -0.338 e. The predicted molar refractivity (Wildman–Crippen MR) is 126 cm³/mol. The number of hydrogen-bond acceptors (Lipinski definition) is 4. The number of aromatic nitrogens is 1. The molecule has 3 aromatic rings. The Morgan fingerprint density at radius 1 is 1.16 bits per heavy atom. The number of nitrogens with zero attached hydrogens (tertiary/aromatic N) is 3. The van der Waals surface area contributed by atoms with Crippen LogP contribution >= 0.6 is 0 Å². The van der Waals surface area contributed by atoms with E-state index in [0.717, 1.165) is 24.0 Å². The van der Waals surface area contributed by atoms with E-state index in [1.165, 1.54) is 27.5 Å². The van der Waals surface area contributed by atoms with E-state index in [1.807, 2.05) is 25.1 Å². The van der Waals surface area contributed by atoms with Gasteiger partial charge in [-0.05, 0) is 65.1 Å². The third-order valence-corrected chi connectivity index (χ3v) is 6.27.